The van der Waals surface area contributed by atoms with E-state index in [2.05, 4.69) is 114 Å². The fourth-order valence-corrected chi connectivity index (χ4v) is 8.44. The highest BCUT2D eigenvalue weighted by molar-refractivity contribution is 6.14. The summed E-state index contributed by atoms with van der Waals surface area (Å²) < 4.78 is 15.6. The Bertz CT molecular complexity index is 3410. The van der Waals surface area contributed by atoms with Gasteiger partial charge < -0.3 is 13.4 Å². The molecular formula is C51H30N4O2. The SMILES string of the molecule is c1ccc(-c2nc(-c3ccccc3)nc(-c3cccc4oc5ccc(-c6ccc7c(c6)oc6c(-n8c9ccccc9c9ccccc98)cccc67)cc5c34)n2)cc1. The third-order valence-electron chi connectivity index (χ3n) is 11.1. The summed E-state index contributed by atoms with van der Waals surface area (Å²) in [7, 11) is 0. The molecule has 0 aliphatic rings. The van der Waals surface area contributed by atoms with Crippen LogP contribution in [-0.4, -0.2) is 19.5 Å². The monoisotopic (exact) mass is 730 g/mol. The Morgan fingerprint density at radius 3 is 1.67 bits per heavy atom. The first-order valence-corrected chi connectivity index (χ1v) is 19.0. The lowest BCUT2D eigenvalue weighted by Crippen LogP contribution is -2.00. The molecule has 0 unspecified atom stereocenters. The van der Waals surface area contributed by atoms with Crippen molar-refractivity contribution < 1.29 is 8.83 Å². The molecule has 12 aromatic rings. The number of para-hydroxylation sites is 3. The average Bonchev–Trinajstić information content (AvgIpc) is 3.96. The molecular weight excluding hydrogens is 701 g/mol. The van der Waals surface area contributed by atoms with Crippen LogP contribution in [0.2, 0.25) is 0 Å². The van der Waals surface area contributed by atoms with Crippen LogP contribution < -0.4 is 0 Å². The molecule has 6 nitrogen and oxygen atoms in total. The summed E-state index contributed by atoms with van der Waals surface area (Å²) in [5.41, 5.74) is 11.4. The van der Waals surface area contributed by atoms with Gasteiger partial charge in [-0.05, 0) is 59.7 Å². The zero-order valence-corrected chi connectivity index (χ0v) is 30.4. The van der Waals surface area contributed by atoms with Crippen LogP contribution in [0, 0.1) is 0 Å². The van der Waals surface area contributed by atoms with Gasteiger partial charge in [0, 0.05) is 49.0 Å². The second-order valence-corrected chi connectivity index (χ2v) is 14.4. The summed E-state index contributed by atoms with van der Waals surface area (Å²) in [5, 5.41) is 6.54. The fourth-order valence-electron chi connectivity index (χ4n) is 8.44. The van der Waals surface area contributed by atoms with Crippen LogP contribution in [0.15, 0.2) is 191 Å². The molecule has 0 aliphatic heterocycles. The van der Waals surface area contributed by atoms with Crippen molar-refractivity contribution in [2.24, 2.45) is 0 Å². The number of benzene rings is 8. The summed E-state index contributed by atoms with van der Waals surface area (Å²) in [6.07, 6.45) is 0. The number of furan rings is 2. The van der Waals surface area contributed by atoms with Crippen molar-refractivity contribution in [3.05, 3.63) is 182 Å². The normalized spacial score (nSPS) is 11.9. The van der Waals surface area contributed by atoms with Crippen molar-refractivity contribution in [1.29, 1.82) is 0 Å². The first-order chi connectivity index (χ1) is 28.2. The number of aromatic nitrogens is 4. The molecule has 0 saturated heterocycles. The number of nitrogens with zero attached hydrogens (tertiary/aromatic N) is 4. The molecule has 6 heteroatoms. The van der Waals surface area contributed by atoms with Crippen LogP contribution in [0.1, 0.15) is 0 Å². The molecule has 12 rings (SSSR count). The predicted octanol–water partition coefficient (Wildman–Crippen LogP) is 13.4. The molecule has 8 aromatic carbocycles. The van der Waals surface area contributed by atoms with Gasteiger partial charge in [0.15, 0.2) is 23.1 Å². The third-order valence-corrected chi connectivity index (χ3v) is 11.1. The highest BCUT2D eigenvalue weighted by Crippen LogP contribution is 2.41. The standard InChI is InChI=1S/C51H30N4O2/c1-3-13-31(14-4-1)49-52-50(32-15-5-2-6-16-32)54-51(53-49)39-20-12-24-45-47(39)40-29-33(26-28-44(40)56-45)34-25-27-37-38-19-11-23-43(48(38)57-46(37)30-34)55-41-21-9-7-17-35(41)36-18-8-10-22-42(36)55/h1-30H. The van der Waals surface area contributed by atoms with Crippen molar-refractivity contribution in [2.75, 3.05) is 0 Å². The minimum Gasteiger partial charge on any atom is -0.456 e. The van der Waals surface area contributed by atoms with E-state index in [0.717, 1.165) is 88.4 Å². The Morgan fingerprint density at radius 1 is 0.351 bits per heavy atom. The van der Waals surface area contributed by atoms with Crippen LogP contribution >= 0.6 is 0 Å². The Balaban J connectivity index is 1.01. The molecule has 0 spiro atoms. The summed E-state index contributed by atoms with van der Waals surface area (Å²) in [6.45, 7) is 0. The maximum atomic E-state index is 6.82. The van der Waals surface area contributed by atoms with Gasteiger partial charge in [0.2, 0.25) is 0 Å². The summed E-state index contributed by atoms with van der Waals surface area (Å²) in [5.74, 6) is 1.82. The topological polar surface area (TPSA) is 69.9 Å². The van der Waals surface area contributed by atoms with Gasteiger partial charge in [0.1, 0.15) is 16.7 Å². The maximum Gasteiger partial charge on any atom is 0.164 e. The molecule has 4 heterocycles. The molecule has 4 aromatic heterocycles. The van der Waals surface area contributed by atoms with E-state index >= 15 is 0 Å². The first-order valence-electron chi connectivity index (χ1n) is 19.0. The number of rotatable bonds is 5. The molecule has 0 radical (unpaired) electrons. The number of fused-ring (bicyclic) bond motifs is 9. The van der Waals surface area contributed by atoms with Crippen molar-refractivity contribution >= 4 is 65.7 Å². The van der Waals surface area contributed by atoms with Crippen LogP contribution in [0.3, 0.4) is 0 Å². The van der Waals surface area contributed by atoms with Gasteiger partial charge in [-0.1, -0.05) is 133 Å². The Kier molecular flexibility index (Phi) is 6.83. The summed E-state index contributed by atoms with van der Waals surface area (Å²) in [4.78, 5) is 15.0. The van der Waals surface area contributed by atoms with E-state index < -0.39 is 0 Å². The van der Waals surface area contributed by atoms with E-state index in [1.54, 1.807) is 0 Å². The minimum atomic E-state index is 0.587. The zero-order valence-electron chi connectivity index (χ0n) is 30.4. The lowest BCUT2D eigenvalue weighted by atomic mass is 9.99. The van der Waals surface area contributed by atoms with Gasteiger partial charge in [-0.2, -0.15) is 0 Å². The van der Waals surface area contributed by atoms with Gasteiger partial charge in [-0.3, -0.25) is 0 Å². The lowest BCUT2D eigenvalue weighted by Gasteiger charge is -2.09. The van der Waals surface area contributed by atoms with Crippen molar-refractivity contribution in [3.63, 3.8) is 0 Å². The molecule has 0 bridgehead atoms. The fraction of sp³-hybridized carbons (Fsp3) is 0. The Morgan fingerprint density at radius 2 is 0.947 bits per heavy atom. The Hall–Kier alpha value is -7.83. The molecule has 0 atom stereocenters. The molecule has 57 heavy (non-hydrogen) atoms. The summed E-state index contributed by atoms with van der Waals surface area (Å²) >= 11 is 0. The largest absolute Gasteiger partial charge is 0.456 e. The van der Waals surface area contributed by atoms with Crippen LogP contribution in [0.4, 0.5) is 0 Å². The highest BCUT2D eigenvalue weighted by Gasteiger charge is 2.20. The number of hydrogen-bond acceptors (Lipinski definition) is 5. The van der Waals surface area contributed by atoms with E-state index in [1.165, 1.54) is 10.8 Å². The molecule has 0 amide bonds. The summed E-state index contributed by atoms with van der Waals surface area (Å²) in [6, 6.07) is 62.6. The molecule has 266 valence electrons. The second kappa shape index (κ2) is 12.3. The van der Waals surface area contributed by atoms with Gasteiger partial charge in [-0.25, -0.2) is 15.0 Å². The molecule has 0 N–H and O–H groups in total. The van der Waals surface area contributed by atoms with E-state index in [0.29, 0.717) is 17.5 Å². The molecule has 0 saturated carbocycles. The van der Waals surface area contributed by atoms with E-state index in [4.69, 9.17) is 23.8 Å². The van der Waals surface area contributed by atoms with Crippen LogP contribution in [-0.2, 0) is 0 Å². The van der Waals surface area contributed by atoms with Crippen LogP contribution in [0.25, 0.3) is 117 Å². The van der Waals surface area contributed by atoms with Gasteiger partial charge in [0.25, 0.3) is 0 Å². The highest BCUT2D eigenvalue weighted by atomic mass is 16.3. The Labute approximate surface area is 325 Å². The quantitative estimate of drug-likeness (QED) is 0.176. The smallest absolute Gasteiger partial charge is 0.164 e. The minimum absolute atomic E-state index is 0.587. The van der Waals surface area contributed by atoms with Crippen LogP contribution in [0.5, 0.6) is 0 Å². The molecule has 0 aliphatic carbocycles. The van der Waals surface area contributed by atoms with Gasteiger partial charge in [0.05, 0.1) is 16.7 Å². The second-order valence-electron chi connectivity index (χ2n) is 14.4. The number of hydrogen-bond donors (Lipinski definition) is 0. The van der Waals surface area contributed by atoms with Crippen molar-refractivity contribution in [2.45, 2.75) is 0 Å². The van der Waals surface area contributed by atoms with E-state index in [-0.39, 0.29) is 0 Å². The molecule has 0 fully saturated rings. The van der Waals surface area contributed by atoms with E-state index in [9.17, 15) is 0 Å². The van der Waals surface area contributed by atoms with Gasteiger partial charge >= 0.3 is 0 Å². The third kappa shape index (κ3) is 4.94. The average molecular weight is 731 g/mol. The zero-order chi connectivity index (χ0) is 37.5. The first kappa shape index (κ1) is 31.5. The van der Waals surface area contributed by atoms with Crippen molar-refractivity contribution in [1.82, 2.24) is 19.5 Å². The lowest BCUT2D eigenvalue weighted by molar-refractivity contribution is 0.666. The predicted molar refractivity (Wildman–Crippen MR) is 230 cm³/mol. The maximum absolute atomic E-state index is 6.82. The van der Waals surface area contributed by atoms with Gasteiger partial charge in [-0.15, -0.1) is 0 Å². The van der Waals surface area contributed by atoms with E-state index in [1.807, 2.05) is 72.8 Å². The van der Waals surface area contributed by atoms with Crippen molar-refractivity contribution in [3.8, 4) is 51.0 Å².